The minimum Gasteiger partial charge on any atom is -0.469 e. The lowest BCUT2D eigenvalue weighted by molar-refractivity contribution is -0.189. The lowest BCUT2D eigenvalue weighted by atomic mass is 9.90. The van der Waals surface area contributed by atoms with Gasteiger partial charge in [-0.1, -0.05) is 0 Å². The second-order valence-electron chi connectivity index (χ2n) is 8.65. The van der Waals surface area contributed by atoms with Gasteiger partial charge in [0.2, 0.25) is 0 Å². The minimum absolute atomic E-state index is 0.315. The molecule has 150 valence electrons. The second-order valence-corrected chi connectivity index (χ2v) is 8.65. The van der Waals surface area contributed by atoms with E-state index in [1.54, 1.807) is 5.06 Å². The molecule has 0 aromatic rings. The van der Waals surface area contributed by atoms with Crippen molar-refractivity contribution in [3.8, 4) is 0 Å². The number of methoxy groups -OCH3 is 2. The Bertz CT molecular complexity index is 537. The summed E-state index contributed by atoms with van der Waals surface area (Å²) in [6, 6.07) is -0.502. The monoisotopic (exact) mass is 373 g/mol. The number of hydroxylamine groups is 2. The van der Waals surface area contributed by atoms with Crippen molar-refractivity contribution in [3.63, 3.8) is 0 Å². The van der Waals surface area contributed by atoms with E-state index in [0.717, 1.165) is 0 Å². The lowest BCUT2D eigenvalue weighted by Crippen LogP contribution is -2.49. The van der Waals surface area contributed by atoms with Crippen molar-refractivity contribution in [2.24, 2.45) is 5.92 Å². The van der Waals surface area contributed by atoms with Crippen LogP contribution in [0, 0.1) is 5.92 Å². The molecular formula is C18H31NO7. The first-order valence-corrected chi connectivity index (χ1v) is 8.82. The summed E-state index contributed by atoms with van der Waals surface area (Å²) >= 11 is 0. The van der Waals surface area contributed by atoms with Gasteiger partial charge in [-0.3, -0.25) is 9.63 Å². The Labute approximate surface area is 155 Å². The van der Waals surface area contributed by atoms with Gasteiger partial charge in [-0.05, 0) is 41.5 Å². The standard InChI is InChI=1S/C18H31NO7/c1-17(2,3)24-10-9-19-12(13(10)25-18(4,5)6)11(15(20)22-7)14(26-19)16(21)23-8/h10-14H,9H2,1-8H3/t10-,11-,12+,13+,14+/m1/s1. The van der Waals surface area contributed by atoms with Crippen molar-refractivity contribution in [1.82, 2.24) is 5.06 Å². The molecule has 0 radical (unpaired) electrons. The molecule has 2 saturated heterocycles. The van der Waals surface area contributed by atoms with Gasteiger partial charge in [0.1, 0.15) is 18.1 Å². The summed E-state index contributed by atoms with van der Waals surface area (Å²) in [5.74, 6) is -2.00. The fraction of sp³-hybridized carbons (Fsp3) is 0.889. The van der Waals surface area contributed by atoms with Gasteiger partial charge in [-0.2, -0.15) is 5.06 Å². The smallest absolute Gasteiger partial charge is 0.338 e. The molecule has 0 N–H and O–H groups in total. The van der Waals surface area contributed by atoms with Gasteiger partial charge in [0.15, 0.2) is 6.10 Å². The molecule has 0 aromatic carbocycles. The molecule has 0 aromatic heterocycles. The molecule has 2 rings (SSSR count). The van der Waals surface area contributed by atoms with Gasteiger partial charge in [0, 0.05) is 0 Å². The van der Waals surface area contributed by atoms with Crippen molar-refractivity contribution in [1.29, 1.82) is 0 Å². The SMILES string of the molecule is COC(=O)[C@@H]1[C@H]2[C@@H](OC(C)(C)C)[C@H](OC(C)(C)C)CN2O[C@@H]1C(=O)OC. The van der Waals surface area contributed by atoms with Crippen LogP contribution in [0.1, 0.15) is 41.5 Å². The van der Waals surface area contributed by atoms with E-state index in [9.17, 15) is 9.59 Å². The van der Waals surface area contributed by atoms with E-state index >= 15 is 0 Å². The predicted molar refractivity (Wildman–Crippen MR) is 92.1 cm³/mol. The molecule has 0 saturated carbocycles. The van der Waals surface area contributed by atoms with Crippen LogP contribution in [0.5, 0.6) is 0 Å². The maximum atomic E-state index is 12.5. The fourth-order valence-electron chi connectivity index (χ4n) is 3.49. The average Bonchev–Trinajstić information content (AvgIpc) is 3.00. The molecule has 8 heteroatoms. The highest BCUT2D eigenvalue weighted by molar-refractivity contribution is 5.85. The topological polar surface area (TPSA) is 83.5 Å². The number of hydrogen-bond donors (Lipinski definition) is 0. The number of rotatable bonds is 4. The summed E-state index contributed by atoms with van der Waals surface area (Å²) in [5, 5.41) is 1.61. The first-order chi connectivity index (χ1) is 11.9. The number of esters is 2. The molecule has 2 aliphatic rings. The van der Waals surface area contributed by atoms with Crippen molar-refractivity contribution in [2.45, 2.75) is 77.1 Å². The molecule has 8 nitrogen and oxygen atoms in total. The molecule has 2 heterocycles. The molecule has 2 aliphatic heterocycles. The Morgan fingerprint density at radius 1 is 0.923 bits per heavy atom. The zero-order chi connectivity index (χ0) is 19.9. The van der Waals surface area contributed by atoms with E-state index in [4.69, 9.17) is 23.8 Å². The van der Waals surface area contributed by atoms with Crippen LogP contribution in [-0.2, 0) is 33.4 Å². The van der Waals surface area contributed by atoms with Crippen LogP contribution >= 0.6 is 0 Å². The fourth-order valence-corrected chi connectivity index (χ4v) is 3.49. The van der Waals surface area contributed by atoms with Crippen molar-refractivity contribution in [2.75, 3.05) is 20.8 Å². The van der Waals surface area contributed by atoms with E-state index in [-0.39, 0.29) is 6.10 Å². The molecular weight excluding hydrogens is 342 g/mol. The molecule has 0 amide bonds. The summed E-state index contributed by atoms with van der Waals surface area (Å²) in [4.78, 5) is 30.3. The highest BCUT2D eigenvalue weighted by Gasteiger charge is 2.61. The van der Waals surface area contributed by atoms with Crippen molar-refractivity contribution < 1.29 is 33.4 Å². The summed E-state index contributed by atoms with van der Waals surface area (Å²) in [5.41, 5.74) is -0.864. The normalized spacial score (nSPS) is 32.4. The summed E-state index contributed by atoms with van der Waals surface area (Å²) in [7, 11) is 2.55. The van der Waals surface area contributed by atoms with Crippen LogP contribution in [0.15, 0.2) is 0 Å². The van der Waals surface area contributed by atoms with Crippen LogP contribution in [0.2, 0.25) is 0 Å². The van der Waals surface area contributed by atoms with E-state index in [1.165, 1.54) is 14.2 Å². The summed E-state index contributed by atoms with van der Waals surface area (Å²) < 4.78 is 22.1. The molecule has 0 unspecified atom stereocenters. The Kier molecular flexibility index (Phi) is 6.02. The van der Waals surface area contributed by atoms with Gasteiger partial charge in [0.05, 0.1) is 38.0 Å². The van der Waals surface area contributed by atoms with Crippen LogP contribution in [0.4, 0.5) is 0 Å². The largest absolute Gasteiger partial charge is 0.469 e. The van der Waals surface area contributed by atoms with Gasteiger partial charge in [-0.25, -0.2) is 4.79 Å². The molecule has 5 atom stereocenters. The molecule has 2 fully saturated rings. The van der Waals surface area contributed by atoms with E-state index in [0.29, 0.717) is 6.54 Å². The van der Waals surface area contributed by atoms with E-state index in [2.05, 4.69) is 0 Å². The third-order valence-electron chi connectivity index (χ3n) is 4.24. The van der Waals surface area contributed by atoms with E-state index in [1.807, 2.05) is 41.5 Å². The van der Waals surface area contributed by atoms with Gasteiger partial charge >= 0.3 is 11.9 Å². The van der Waals surface area contributed by atoms with Crippen molar-refractivity contribution >= 4 is 11.9 Å². The van der Waals surface area contributed by atoms with E-state index < -0.39 is 47.3 Å². The third kappa shape index (κ3) is 4.54. The Balaban J connectivity index is 2.37. The number of ether oxygens (including phenoxy) is 4. The van der Waals surface area contributed by atoms with Crippen LogP contribution in [0.3, 0.4) is 0 Å². The summed E-state index contributed by atoms with van der Waals surface area (Å²) in [6.07, 6.45) is -1.84. The minimum atomic E-state index is -1.06. The van der Waals surface area contributed by atoms with Crippen LogP contribution in [0.25, 0.3) is 0 Å². The highest BCUT2D eigenvalue weighted by Crippen LogP contribution is 2.41. The van der Waals surface area contributed by atoms with Gasteiger partial charge < -0.3 is 18.9 Å². The number of carbonyl (C=O) groups excluding carboxylic acids is 2. The average molecular weight is 373 g/mol. The molecule has 0 bridgehead atoms. The van der Waals surface area contributed by atoms with Crippen LogP contribution in [-0.4, -0.2) is 73.3 Å². The van der Waals surface area contributed by atoms with Gasteiger partial charge in [0.25, 0.3) is 0 Å². The molecule has 0 aliphatic carbocycles. The molecule has 0 spiro atoms. The number of nitrogens with zero attached hydrogens (tertiary/aromatic N) is 1. The first-order valence-electron chi connectivity index (χ1n) is 8.82. The zero-order valence-corrected chi connectivity index (χ0v) is 16.9. The maximum Gasteiger partial charge on any atom is 0.338 e. The summed E-state index contributed by atoms with van der Waals surface area (Å²) in [6.45, 7) is 12.1. The predicted octanol–water partition coefficient (Wildman–Crippen LogP) is 1.31. The zero-order valence-electron chi connectivity index (χ0n) is 16.9. The number of carbonyl (C=O) groups is 2. The van der Waals surface area contributed by atoms with Gasteiger partial charge in [-0.15, -0.1) is 0 Å². The van der Waals surface area contributed by atoms with Crippen LogP contribution < -0.4 is 0 Å². The highest BCUT2D eigenvalue weighted by atomic mass is 16.7. The number of fused-ring (bicyclic) bond motifs is 1. The Morgan fingerprint density at radius 3 is 1.92 bits per heavy atom. The Morgan fingerprint density at radius 2 is 1.46 bits per heavy atom. The number of hydrogen-bond acceptors (Lipinski definition) is 8. The van der Waals surface area contributed by atoms with Crippen molar-refractivity contribution in [3.05, 3.63) is 0 Å². The first kappa shape index (κ1) is 21.1. The lowest BCUT2D eigenvalue weighted by Gasteiger charge is -2.35. The third-order valence-corrected chi connectivity index (χ3v) is 4.24. The Hall–Kier alpha value is -1.22. The molecule has 26 heavy (non-hydrogen) atoms. The quantitative estimate of drug-likeness (QED) is 0.682. The second kappa shape index (κ2) is 7.42. The maximum absolute atomic E-state index is 12.5.